The van der Waals surface area contributed by atoms with Crippen molar-refractivity contribution < 1.29 is 5.11 Å². The van der Waals surface area contributed by atoms with Gasteiger partial charge in [-0.15, -0.1) is 0 Å². The Bertz CT molecular complexity index is 661. The highest BCUT2D eigenvalue weighted by Gasteiger charge is 2.31. The Labute approximate surface area is 147 Å². The van der Waals surface area contributed by atoms with Crippen molar-refractivity contribution in [1.29, 1.82) is 0 Å². The van der Waals surface area contributed by atoms with E-state index in [0.717, 1.165) is 42.0 Å². The molecule has 0 aliphatic carbocycles. The second-order valence-electron chi connectivity index (χ2n) is 6.60. The molecule has 0 saturated carbocycles. The van der Waals surface area contributed by atoms with Crippen LogP contribution in [0.1, 0.15) is 31.7 Å². The van der Waals surface area contributed by atoms with E-state index < -0.39 is 0 Å². The maximum absolute atomic E-state index is 10.3. The van der Waals surface area contributed by atoms with Crippen molar-refractivity contribution >= 4 is 28.6 Å². The monoisotopic (exact) mass is 349 g/mol. The van der Waals surface area contributed by atoms with Crippen molar-refractivity contribution in [2.45, 2.75) is 38.8 Å². The molecular weight excluding hydrogens is 322 g/mol. The molecule has 0 spiro atoms. The summed E-state index contributed by atoms with van der Waals surface area (Å²) in [5.41, 5.74) is 8.67. The highest BCUT2D eigenvalue weighted by atomic mass is 32.2. The van der Waals surface area contributed by atoms with Crippen LogP contribution in [0, 0.1) is 5.92 Å². The number of anilines is 1. The number of likely N-dealkylation sites (tertiary alicyclic amines) is 1. The van der Waals surface area contributed by atoms with Crippen LogP contribution >= 0.6 is 11.8 Å². The summed E-state index contributed by atoms with van der Waals surface area (Å²) in [4.78, 5) is 13.8. The second kappa shape index (κ2) is 8.18. The summed E-state index contributed by atoms with van der Waals surface area (Å²) in [6.07, 6.45) is 7.08. The number of aromatic nitrogens is 3. The lowest BCUT2D eigenvalue weighted by Crippen LogP contribution is -2.21. The van der Waals surface area contributed by atoms with Gasteiger partial charge in [-0.3, -0.25) is 4.90 Å². The van der Waals surface area contributed by atoms with Crippen LogP contribution in [-0.4, -0.2) is 55.7 Å². The summed E-state index contributed by atoms with van der Waals surface area (Å²) in [7, 11) is 0. The van der Waals surface area contributed by atoms with Gasteiger partial charge in [-0.25, -0.2) is 9.97 Å². The van der Waals surface area contributed by atoms with Gasteiger partial charge in [0, 0.05) is 37.3 Å². The number of aliphatic hydroxyl groups is 1. The van der Waals surface area contributed by atoms with Crippen molar-refractivity contribution in [2.24, 2.45) is 5.92 Å². The number of nitrogens with one attached hydrogen (secondary N) is 1. The normalized spacial score (nSPS) is 21.8. The molecule has 0 amide bonds. The molecule has 4 N–H and O–H groups in total. The zero-order valence-corrected chi connectivity index (χ0v) is 15.1. The second-order valence-corrected chi connectivity index (χ2v) is 7.75. The summed E-state index contributed by atoms with van der Waals surface area (Å²) in [5, 5.41) is 10.3. The van der Waals surface area contributed by atoms with Crippen LogP contribution in [0.4, 0.5) is 5.82 Å². The first-order valence-corrected chi connectivity index (χ1v) is 9.89. The molecule has 1 aliphatic heterocycles. The Hall–Kier alpha value is -1.31. The summed E-state index contributed by atoms with van der Waals surface area (Å²) in [5.74, 6) is 3.09. The standard InChI is InChI=1S/C17H27N5OS/c1-2-3-4-5-24-10-13-8-22(9-14(13)23)7-12-6-19-16-15(12)20-11-21-17(16)18/h6,11,13-14,19,23H,2-5,7-10H2,1H3,(H2,18,20,21). The fourth-order valence-corrected chi connectivity index (χ4v) is 4.50. The number of nitrogen functional groups attached to an aromatic ring is 1. The lowest BCUT2D eigenvalue weighted by atomic mass is 10.1. The largest absolute Gasteiger partial charge is 0.391 e. The Morgan fingerprint density at radius 3 is 3.08 bits per heavy atom. The topological polar surface area (TPSA) is 91.1 Å². The minimum Gasteiger partial charge on any atom is -0.391 e. The van der Waals surface area contributed by atoms with Crippen LogP contribution in [0.3, 0.4) is 0 Å². The van der Waals surface area contributed by atoms with Crippen LogP contribution in [0.15, 0.2) is 12.5 Å². The third-order valence-corrected chi connectivity index (χ3v) is 5.91. The number of hydrogen-bond donors (Lipinski definition) is 3. The molecule has 132 valence electrons. The average molecular weight is 350 g/mol. The molecule has 3 rings (SSSR count). The third kappa shape index (κ3) is 4.02. The molecule has 2 atom stereocenters. The molecule has 1 aliphatic rings. The SMILES string of the molecule is CCCCCSCC1CN(Cc2c[nH]c3c(N)ncnc23)CC1O. The van der Waals surface area contributed by atoms with Crippen LogP contribution in [0.2, 0.25) is 0 Å². The zero-order valence-electron chi connectivity index (χ0n) is 14.2. The van der Waals surface area contributed by atoms with E-state index >= 15 is 0 Å². The number of β-amino-alcohol motifs (C(OH)–C–C–N with tert-alkyl or cyclic N) is 1. The molecule has 2 unspecified atom stereocenters. The van der Waals surface area contributed by atoms with Crippen LogP contribution in [0.5, 0.6) is 0 Å². The van der Waals surface area contributed by atoms with Gasteiger partial charge in [0.2, 0.25) is 0 Å². The Morgan fingerprint density at radius 1 is 1.38 bits per heavy atom. The molecule has 3 heterocycles. The van der Waals surface area contributed by atoms with E-state index in [1.165, 1.54) is 31.3 Å². The highest BCUT2D eigenvalue weighted by Crippen LogP contribution is 2.26. The van der Waals surface area contributed by atoms with Gasteiger partial charge in [0.1, 0.15) is 11.8 Å². The maximum atomic E-state index is 10.3. The lowest BCUT2D eigenvalue weighted by Gasteiger charge is -2.15. The Kier molecular flexibility index (Phi) is 5.97. The first-order chi connectivity index (χ1) is 11.7. The number of fused-ring (bicyclic) bond motifs is 1. The van der Waals surface area contributed by atoms with E-state index in [9.17, 15) is 5.11 Å². The van der Waals surface area contributed by atoms with Gasteiger partial charge in [-0.1, -0.05) is 19.8 Å². The number of aliphatic hydroxyl groups excluding tert-OH is 1. The van der Waals surface area contributed by atoms with Gasteiger partial charge in [0.15, 0.2) is 5.82 Å². The summed E-state index contributed by atoms with van der Waals surface area (Å²) >= 11 is 1.98. The highest BCUT2D eigenvalue weighted by molar-refractivity contribution is 7.99. The van der Waals surface area contributed by atoms with E-state index in [1.807, 2.05) is 18.0 Å². The van der Waals surface area contributed by atoms with Gasteiger partial charge in [-0.05, 0) is 17.9 Å². The number of rotatable bonds is 8. The van der Waals surface area contributed by atoms with Crippen molar-refractivity contribution in [3.05, 3.63) is 18.1 Å². The lowest BCUT2D eigenvalue weighted by molar-refractivity contribution is 0.149. The fourth-order valence-electron chi connectivity index (χ4n) is 3.30. The minimum absolute atomic E-state index is 0.228. The van der Waals surface area contributed by atoms with E-state index in [0.29, 0.717) is 11.7 Å². The minimum atomic E-state index is -0.228. The molecule has 2 aromatic heterocycles. The predicted molar refractivity (Wildman–Crippen MR) is 99.9 cm³/mol. The van der Waals surface area contributed by atoms with E-state index in [-0.39, 0.29) is 6.10 Å². The van der Waals surface area contributed by atoms with E-state index in [2.05, 4.69) is 26.8 Å². The van der Waals surface area contributed by atoms with Crippen molar-refractivity contribution in [3.8, 4) is 0 Å². The van der Waals surface area contributed by atoms with Crippen LogP contribution in [0.25, 0.3) is 11.0 Å². The van der Waals surface area contributed by atoms with Gasteiger partial charge in [-0.2, -0.15) is 11.8 Å². The molecule has 24 heavy (non-hydrogen) atoms. The molecule has 0 aromatic carbocycles. The quantitative estimate of drug-likeness (QED) is 0.633. The number of H-pyrrole nitrogens is 1. The maximum Gasteiger partial charge on any atom is 0.151 e. The number of thioether (sulfide) groups is 1. The summed E-state index contributed by atoms with van der Waals surface area (Å²) in [6, 6.07) is 0. The smallest absolute Gasteiger partial charge is 0.151 e. The number of nitrogens with two attached hydrogens (primary N) is 1. The molecule has 2 aromatic rings. The van der Waals surface area contributed by atoms with Crippen LogP contribution < -0.4 is 5.73 Å². The first kappa shape index (κ1) is 17.5. The van der Waals surface area contributed by atoms with E-state index in [1.54, 1.807) is 0 Å². The number of nitrogens with zero attached hydrogens (tertiary/aromatic N) is 3. The molecular formula is C17H27N5OS. The van der Waals surface area contributed by atoms with Crippen molar-refractivity contribution in [3.63, 3.8) is 0 Å². The number of hydrogen-bond acceptors (Lipinski definition) is 6. The summed E-state index contributed by atoms with van der Waals surface area (Å²) in [6.45, 7) is 4.68. The van der Waals surface area contributed by atoms with Crippen LogP contribution in [-0.2, 0) is 6.54 Å². The Balaban J connectivity index is 1.54. The third-order valence-electron chi connectivity index (χ3n) is 4.67. The summed E-state index contributed by atoms with van der Waals surface area (Å²) < 4.78 is 0. The van der Waals surface area contributed by atoms with Crippen molar-refractivity contribution in [1.82, 2.24) is 19.9 Å². The molecule has 6 nitrogen and oxygen atoms in total. The zero-order chi connectivity index (χ0) is 16.9. The molecule has 1 fully saturated rings. The van der Waals surface area contributed by atoms with Gasteiger partial charge >= 0.3 is 0 Å². The van der Waals surface area contributed by atoms with Gasteiger partial charge in [0.05, 0.1) is 11.6 Å². The average Bonchev–Trinajstić information content (AvgIpc) is 3.13. The first-order valence-electron chi connectivity index (χ1n) is 8.73. The molecule has 0 radical (unpaired) electrons. The van der Waals surface area contributed by atoms with Gasteiger partial charge < -0.3 is 15.8 Å². The van der Waals surface area contributed by atoms with Gasteiger partial charge in [0.25, 0.3) is 0 Å². The molecule has 1 saturated heterocycles. The predicted octanol–water partition coefficient (Wildman–Crippen LogP) is 2.26. The van der Waals surface area contributed by atoms with Crippen molar-refractivity contribution in [2.75, 3.05) is 30.3 Å². The molecule has 7 heteroatoms. The fraction of sp³-hybridized carbons (Fsp3) is 0.647. The number of unbranched alkanes of at least 4 members (excludes halogenated alkanes) is 2. The number of aromatic amines is 1. The Morgan fingerprint density at radius 2 is 2.25 bits per heavy atom. The molecule has 0 bridgehead atoms. The van der Waals surface area contributed by atoms with E-state index in [4.69, 9.17) is 5.73 Å².